The largest absolute Gasteiger partial charge is 0.368 e. The molecule has 4 heteroatoms. The highest BCUT2D eigenvalue weighted by Crippen LogP contribution is 2.31. The number of aryl methyl sites for hydroxylation is 1. The number of rotatable bonds is 3. The molecule has 2 nitrogen and oxygen atoms in total. The van der Waals surface area contributed by atoms with Crippen LogP contribution in [0.5, 0.6) is 0 Å². The zero-order valence-electron chi connectivity index (χ0n) is 13.5. The Morgan fingerprint density at radius 3 is 2.43 bits per heavy atom. The van der Waals surface area contributed by atoms with Crippen LogP contribution in [-0.4, -0.2) is 31.1 Å². The van der Waals surface area contributed by atoms with Crippen LogP contribution in [0.3, 0.4) is 0 Å². The molecule has 1 fully saturated rings. The Morgan fingerprint density at radius 2 is 1.74 bits per heavy atom. The Hall–Kier alpha value is -1.22. The van der Waals surface area contributed by atoms with E-state index >= 15 is 0 Å². The summed E-state index contributed by atoms with van der Waals surface area (Å²) < 4.78 is 0. The zero-order valence-corrected chi connectivity index (χ0v) is 15.0. The van der Waals surface area contributed by atoms with E-state index in [2.05, 4.69) is 41.8 Å². The highest BCUT2D eigenvalue weighted by molar-refractivity contribution is 6.33. The first-order valence-electron chi connectivity index (χ1n) is 7.97. The van der Waals surface area contributed by atoms with Gasteiger partial charge in [-0.15, -0.1) is 0 Å². The van der Waals surface area contributed by atoms with Gasteiger partial charge in [-0.1, -0.05) is 41.4 Å². The lowest BCUT2D eigenvalue weighted by atomic mass is 10.0. The van der Waals surface area contributed by atoms with Crippen molar-refractivity contribution in [1.29, 1.82) is 0 Å². The van der Waals surface area contributed by atoms with Crippen LogP contribution in [0.2, 0.25) is 10.0 Å². The molecule has 3 rings (SSSR count). The van der Waals surface area contributed by atoms with Crippen molar-refractivity contribution in [3.05, 3.63) is 63.6 Å². The third kappa shape index (κ3) is 3.65. The lowest BCUT2D eigenvalue weighted by Crippen LogP contribution is -2.47. The van der Waals surface area contributed by atoms with Gasteiger partial charge in [0.2, 0.25) is 0 Å². The fourth-order valence-electron chi connectivity index (χ4n) is 3.18. The van der Waals surface area contributed by atoms with Crippen molar-refractivity contribution in [3.8, 4) is 0 Å². The van der Waals surface area contributed by atoms with E-state index in [1.807, 2.05) is 24.3 Å². The van der Waals surface area contributed by atoms with Gasteiger partial charge in [0, 0.05) is 37.2 Å². The molecule has 0 N–H and O–H groups in total. The molecule has 0 spiro atoms. The predicted molar refractivity (Wildman–Crippen MR) is 98.7 cm³/mol. The Morgan fingerprint density at radius 1 is 1.04 bits per heavy atom. The normalized spacial score (nSPS) is 17.3. The van der Waals surface area contributed by atoms with Gasteiger partial charge in [0.1, 0.15) is 0 Å². The number of halogens is 2. The fraction of sp³-hybridized carbons (Fsp3) is 0.368. The number of nitrogens with zero attached hydrogens (tertiary/aromatic N) is 2. The average Bonchev–Trinajstić information content (AvgIpc) is 2.57. The van der Waals surface area contributed by atoms with E-state index in [4.69, 9.17) is 23.2 Å². The van der Waals surface area contributed by atoms with Crippen molar-refractivity contribution in [2.75, 3.05) is 31.1 Å². The Kier molecular flexibility index (Phi) is 5.15. The van der Waals surface area contributed by atoms with Gasteiger partial charge in [-0.2, -0.15) is 0 Å². The summed E-state index contributed by atoms with van der Waals surface area (Å²) in [6, 6.07) is 15.6. The molecule has 1 saturated heterocycles. The van der Waals surface area contributed by atoms with Gasteiger partial charge in [0.15, 0.2) is 0 Å². The second-order valence-electron chi connectivity index (χ2n) is 6.07. The predicted octanol–water partition coefficient (Wildman–Crippen LogP) is 4.99. The summed E-state index contributed by atoms with van der Waals surface area (Å²) in [5.41, 5.74) is 3.45. The highest BCUT2D eigenvalue weighted by atomic mass is 35.5. The van der Waals surface area contributed by atoms with Gasteiger partial charge in [0.25, 0.3) is 0 Å². The second kappa shape index (κ2) is 7.12. The van der Waals surface area contributed by atoms with Crippen LogP contribution in [-0.2, 0) is 0 Å². The summed E-state index contributed by atoms with van der Waals surface area (Å²) in [7, 11) is 0. The highest BCUT2D eigenvalue weighted by Gasteiger charge is 2.24. The number of hydrogen-bond acceptors (Lipinski definition) is 2. The van der Waals surface area contributed by atoms with Crippen LogP contribution >= 0.6 is 23.2 Å². The first-order chi connectivity index (χ1) is 11.1. The third-order valence-electron chi connectivity index (χ3n) is 4.58. The number of hydrogen-bond donors (Lipinski definition) is 0. The Balaban J connectivity index is 1.69. The minimum absolute atomic E-state index is 0.309. The Labute approximate surface area is 148 Å². The monoisotopic (exact) mass is 347 g/mol. The van der Waals surface area contributed by atoms with E-state index < -0.39 is 0 Å². The molecule has 1 unspecified atom stereocenters. The molecule has 2 aromatic carbocycles. The molecule has 0 bridgehead atoms. The van der Waals surface area contributed by atoms with Crippen molar-refractivity contribution in [2.24, 2.45) is 0 Å². The smallest absolute Gasteiger partial charge is 0.0639 e. The van der Waals surface area contributed by atoms with Crippen LogP contribution < -0.4 is 4.90 Å². The molecule has 121 valence electrons. The maximum Gasteiger partial charge on any atom is 0.0639 e. The van der Waals surface area contributed by atoms with Gasteiger partial charge in [-0.05, 0) is 49.2 Å². The molecule has 2 aromatic rings. The maximum absolute atomic E-state index is 6.37. The zero-order chi connectivity index (χ0) is 16.4. The summed E-state index contributed by atoms with van der Waals surface area (Å²) in [6.45, 7) is 8.24. The number of para-hydroxylation sites is 1. The molecule has 23 heavy (non-hydrogen) atoms. The Bertz CT molecular complexity index is 679. The van der Waals surface area contributed by atoms with Crippen molar-refractivity contribution < 1.29 is 0 Å². The standard InChI is InChI=1S/C19H21Cl2N2/c1-14-7-8-17(20)16(13-14)15(2)22-9-11-23(12-10-22)19-6-4-3-5-18(19)21/h3-6,8,13,15H,9-12H2,1-2H3. The topological polar surface area (TPSA) is 6.48 Å². The average molecular weight is 348 g/mol. The fourth-order valence-corrected chi connectivity index (χ4v) is 3.70. The van der Waals surface area contributed by atoms with Crippen LogP contribution in [0.25, 0.3) is 0 Å². The van der Waals surface area contributed by atoms with Gasteiger partial charge < -0.3 is 4.90 Å². The van der Waals surface area contributed by atoms with E-state index in [1.165, 1.54) is 5.56 Å². The molecular formula is C19H21Cl2N2. The van der Waals surface area contributed by atoms with Crippen LogP contribution in [0, 0.1) is 13.0 Å². The van der Waals surface area contributed by atoms with Crippen molar-refractivity contribution in [3.63, 3.8) is 0 Å². The second-order valence-corrected chi connectivity index (χ2v) is 6.88. The molecule has 1 aliphatic rings. The van der Waals surface area contributed by atoms with E-state index in [1.54, 1.807) is 0 Å². The molecule has 0 amide bonds. The quantitative estimate of drug-likeness (QED) is 0.771. The summed E-state index contributed by atoms with van der Waals surface area (Å²) in [4.78, 5) is 4.84. The van der Waals surface area contributed by atoms with Gasteiger partial charge in [-0.3, -0.25) is 4.90 Å². The summed E-state index contributed by atoms with van der Waals surface area (Å²) >= 11 is 12.7. The SMILES string of the molecule is Cc1[c]cc(Cl)c(C(C)N2CCN(c3ccccc3Cl)CC2)c1. The first-order valence-corrected chi connectivity index (χ1v) is 8.73. The first kappa shape index (κ1) is 16.6. The molecule has 1 atom stereocenters. The van der Waals surface area contributed by atoms with E-state index in [0.717, 1.165) is 47.5 Å². The summed E-state index contributed by atoms with van der Waals surface area (Å²) in [5.74, 6) is 0. The minimum atomic E-state index is 0.309. The molecule has 1 aliphatic heterocycles. The van der Waals surface area contributed by atoms with Gasteiger partial charge in [-0.25, -0.2) is 0 Å². The number of anilines is 1. The van der Waals surface area contributed by atoms with Gasteiger partial charge >= 0.3 is 0 Å². The molecule has 1 radical (unpaired) electrons. The van der Waals surface area contributed by atoms with Crippen molar-refractivity contribution >= 4 is 28.9 Å². The summed E-state index contributed by atoms with van der Waals surface area (Å²) in [5, 5.41) is 1.63. The number of benzene rings is 2. The van der Waals surface area contributed by atoms with E-state index in [0.29, 0.717) is 6.04 Å². The third-order valence-corrected chi connectivity index (χ3v) is 5.23. The molecule has 0 aliphatic carbocycles. The molecule has 0 aromatic heterocycles. The van der Waals surface area contributed by atoms with Crippen molar-refractivity contribution in [2.45, 2.75) is 19.9 Å². The lowest BCUT2D eigenvalue weighted by molar-refractivity contribution is 0.198. The maximum atomic E-state index is 6.37. The van der Waals surface area contributed by atoms with E-state index in [9.17, 15) is 0 Å². The van der Waals surface area contributed by atoms with Crippen molar-refractivity contribution in [1.82, 2.24) is 4.90 Å². The molecular weight excluding hydrogens is 327 g/mol. The van der Waals surface area contributed by atoms with Crippen LogP contribution in [0.15, 0.2) is 36.4 Å². The minimum Gasteiger partial charge on any atom is -0.368 e. The van der Waals surface area contributed by atoms with Crippen LogP contribution in [0.1, 0.15) is 24.1 Å². The van der Waals surface area contributed by atoms with E-state index in [-0.39, 0.29) is 0 Å². The summed E-state index contributed by atoms with van der Waals surface area (Å²) in [6.07, 6.45) is 0. The molecule has 0 saturated carbocycles. The number of piperazine rings is 1. The lowest BCUT2D eigenvalue weighted by Gasteiger charge is -2.39. The van der Waals surface area contributed by atoms with Crippen LogP contribution in [0.4, 0.5) is 5.69 Å². The van der Waals surface area contributed by atoms with Gasteiger partial charge in [0.05, 0.1) is 10.7 Å². The molecule has 1 heterocycles.